The Balaban J connectivity index is 1.67. The summed E-state index contributed by atoms with van der Waals surface area (Å²) in [5.41, 5.74) is 6.08. The summed E-state index contributed by atoms with van der Waals surface area (Å²) < 4.78 is 3.34. The fourth-order valence-corrected chi connectivity index (χ4v) is 4.45. The molecule has 37 heavy (non-hydrogen) atoms. The van der Waals surface area contributed by atoms with E-state index in [1.165, 1.54) is 0 Å². The lowest BCUT2D eigenvalue weighted by atomic mass is 9.86. The van der Waals surface area contributed by atoms with E-state index in [0.29, 0.717) is 0 Å². The van der Waals surface area contributed by atoms with Gasteiger partial charge in [-0.2, -0.15) is 5.26 Å². The molecule has 0 saturated carbocycles. The summed E-state index contributed by atoms with van der Waals surface area (Å²) in [5.74, 6) is 0. The maximum Gasteiger partial charge on any atom is 0.333 e. The summed E-state index contributed by atoms with van der Waals surface area (Å²) in [7, 11) is 1.76. The predicted octanol–water partition coefficient (Wildman–Crippen LogP) is 6.33. The molecule has 0 spiro atoms. The molecule has 0 fully saturated rings. The molecule has 0 N–H and O–H groups in total. The number of nitriles is 1. The SMILES string of the molecule is C/C=C\C=C/c1ccc(-c2ccc3ncc4c(c3c2)n(-c2ccc(C(C)(C)C#N)cc2)c(=O)n4C)cn1. The maximum absolute atomic E-state index is 13.4. The van der Waals surface area contributed by atoms with Crippen LogP contribution in [0.5, 0.6) is 0 Å². The molecule has 0 aliphatic heterocycles. The summed E-state index contributed by atoms with van der Waals surface area (Å²) in [6.45, 7) is 5.74. The van der Waals surface area contributed by atoms with Gasteiger partial charge in [0.05, 0.1) is 45.6 Å². The van der Waals surface area contributed by atoms with E-state index in [1.54, 1.807) is 22.4 Å². The summed E-state index contributed by atoms with van der Waals surface area (Å²) in [6, 6.07) is 20.1. The third-order valence-electron chi connectivity index (χ3n) is 6.70. The quantitative estimate of drug-likeness (QED) is 0.273. The van der Waals surface area contributed by atoms with Crippen LogP contribution in [0.15, 0.2) is 90.0 Å². The number of fused-ring (bicyclic) bond motifs is 3. The minimum absolute atomic E-state index is 0.152. The number of allylic oxidation sites excluding steroid dienone is 3. The third kappa shape index (κ3) is 4.25. The lowest BCUT2D eigenvalue weighted by molar-refractivity contribution is 0.686. The molecule has 3 aromatic heterocycles. The fraction of sp³-hybridized carbons (Fsp3) is 0.161. The maximum atomic E-state index is 13.4. The standard InChI is InChI=1S/C31H27N5O/c1-5-6-7-8-24-13-9-22(18-33-24)21-10-16-27-26(17-21)29-28(19-34-27)35(4)30(37)36(29)25-14-11-23(12-15-25)31(2,3)20-32/h5-19H,1-4H3/b6-5-,8-7-. The molecule has 6 nitrogen and oxygen atoms in total. The Bertz CT molecular complexity index is 1780. The average Bonchev–Trinajstić information content (AvgIpc) is 3.19. The van der Waals surface area contributed by atoms with Crippen LogP contribution in [0.2, 0.25) is 0 Å². The van der Waals surface area contributed by atoms with E-state index in [0.717, 1.165) is 50.0 Å². The van der Waals surface area contributed by atoms with Crippen LogP contribution in [-0.4, -0.2) is 19.1 Å². The number of nitrogens with zero attached hydrogens (tertiary/aromatic N) is 5. The lowest BCUT2D eigenvalue weighted by Gasteiger charge is -2.16. The average molecular weight is 486 g/mol. The minimum Gasteiger partial charge on any atom is -0.293 e. The summed E-state index contributed by atoms with van der Waals surface area (Å²) in [5, 5.41) is 10.4. The van der Waals surface area contributed by atoms with E-state index in [1.807, 2.05) is 99.8 Å². The summed E-state index contributed by atoms with van der Waals surface area (Å²) in [4.78, 5) is 22.6. The second-order valence-corrected chi connectivity index (χ2v) is 9.54. The largest absolute Gasteiger partial charge is 0.333 e. The van der Waals surface area contributed by atoms with Gasteiger partial charge >= 0.3 is 5.69 Å². The molecule has 0 amide bonds. The van der Waals surface area contributed by atoms with E-state index >= 15 is 0 Å². The molecule has 0 radical (unpaired) electrons. The number of aromatic nitrogens is 4. The molecule has 6 heteroatoms. The molecular formula is C31H27N5O. The van der Waals surface area contributed by atoms with Crippen LogP contribution in [0.4, 0.5) is 0 Å². The van der Waals surface area contributed by atoms with E-state index in [-0.39, 0.29) is 5.69 Å². The van der Waals surface area contributed by atoms with Crippen LogP contribution in [-0.2, 0) is 12.5 Å². The smallest absolute Gasteiger partial charge is 0.293 e. The van der Waals surface area contributed by atoms with Crippen molar-refractivity contribution in [2.24, 2.45) is 7.05 Å². The van der Waals surface area contributed by atoms with Gasteiger partial charge < -0.3 is 0 Å². The van der Waals surface area contributed by atoms with Crippen molar-refractivity contribution < 1.29 is 0 Å². The zero-order valence-electron chi connectivity index (χ0n) is 21.3. The van der Waals surface area contributed by atoms with E-state index < -0.39 is 5.41 Å². The Morgan fingerprint density at radius 2 is 1.70 bits per heavy atom. The van der Waals surface area contributed by atoms with E-state index in [4.69, 9.17) is 0 Å². The molecule has 5 rings (SSSR count). The van der Waals surface area contributed by atoms with Crippen molar-refractivity contribution in [3.8, 4) is 22.9 Å². The van der Waals surface area contributed by atoms with Gasteiger partial charge in [-0.1, -0.05) is 42.5 Å². The highest BCUT2D eigenvalue weighted by Crippen LogP contribution is 2.30. The van der Waals surface area contributed by atoms with Crippen LogP contribution in [0, 0.1) is 11.3 Å². The summed E-state index contributed by atoms with van der Waals surface area (Å²) >= 11 is 0. The predicted molar refractivity (Wildman–Crippen MR) is 150 cm³/mol. The molecule has 5 aromatic rings. The second-order valence-electron chi connectivity index (χ2n) is 9.54. The van der Waals surface area contributed by atoms with E-state index in [2.05, 4.69) is 22.1 Å². The van der Waals surface area contributed by atoms with Crippen molar-refractivity contribution in [1.82, 2.24) is 19.1 Å². The Kier molecular flexibility index (Phi) is 6.06. The van der Waals surface area contributed by atoms with Crippen LogP contribution < -0.4 is 5.69 Å². The number of hydrogen-bond donors (Lipinski definition) is 0. The van der Waals surface area contributed by atoms with Gasteiger partial charge in [0.15, 0.2) is 0 Å². The highest BCUT2D eigenvalue weighted by Gasteiger charge is 2.21. The number of aryl methyl sites for hydroxylation is 1. The van der Waals surface area contributed by atoms with Crippen LogP contribution in [0.1, 0.15) is 32.0 Å². The van der Waals surface area contributed by atoms with Gasteiger partial charge in [-0.05, 0) is 68.3 Å². The monoisotopic (exact) mass is 485 g/mol. The van der Waals surface area contributed by atoms with E-state index in [9.17, 15) is 10.1 Å². The molecule has 2 aromatic carbocycles. The fourth-order valence-electron chi connectivity index (χ4n) is 4.45. The Morgan fingerprint density at radius 1 is 0.946 bits per heavy atom. The highest BCUT2D eigenvalue weighted by atomic mass is 16.1. The van der Waals surface area contributed by atoms with Crippen molar-refractivity contribution in [3.05, 3.63) is 107 Å². The molecule has 0 bridgehead atoms. The minimum atomic E-state index is -0.611. The molecule has 0 atom stereocenters. The molecule has 182 valence electrons. The molecule has 0 aliphatic rings. The van der Waals surface area contributed by atoms with Gasteiger partial charge in [0.25, 0.3) is 0 Å². The number of hydrogen-bond acceptors (Lipinski definition) is 4. The molecule has 0 unspecified atom stereocenters. The first-order valence-electron chi connectivity index (χ1n) is 12.1. The Labute approximate surface area is 215 Å². The first-order chi connectivity index (χ1) is 17.8. The third-order valence-corrected chi connectivity index (χ3v) is 6.70. The van der Waals surface area contributed by atoms with Gasteiger partial charge in [0.2, 0.25) is 0 Å². The normalized spacial score (nSPS) is 12.2. The van der Waals surface area contributed by atoms with Gasteiger partial charge in [-0.25, -0.2) is 4.79 Å². The van der Waals surface area contributed by atoms with Crippen LogP contribution in [0.3, 0.4) is 0 Å². The molecule has 0 aliphatic carbocycles. The van der Waals surface area contributed by atoms with Gasteiger partial charge in [-0.3, -0.25) is 19.1 Å². The second kappa shape index (κ2) is 9.36. The zero-order chi connectivity index (χ0) is 26.2. The van der Waals surface area contributed by atoms with Crippen molar-refractivity contribution in [1.29, 1.82) is 5.26 Å². The molecule has 3 heterocycles. The number of rotatable bonds is 5. The molecular weight excluding hydrogens is 458 g/mol. The lowest BCUT2D eigenvalue weighted by Crippen LogP contribution is -2.21. The van der Waals surface area contributed by atoms with Crippen molar-refractivity contribution in [3.63, 3.8) is 0 Å². The first kappa shape index (κ1) is 24.0. The number of benzene rings is 2. The van der Waals surface area contributed by atoms with Crippen molar-refractivity contribution in [2.45, 2.75) is 26.2 Å². The molecule has 0 saturated heterocycles. The zero-order valence-corrected chi connectivity index (χ0v) is 21.3. The van der Waals surface area contributed by atoms with Crippen molar-refractivity contribution in [2.75, 3.05) is 0 Å². The summed E-state index contributed by atoms with van der Waals surface area (Å²) in [6.07, 6.45) is 11.5. The topological polar surface area (TPSA) is 76.5 Å². The van der Waals surface area contributed by atoms with Crippen LogP contribution >= 0.6 is 0 Å². The van der Waals surface area contributed by atoms with Crippen molar-refractivity contribution >= 4 is 28.0 Å². The number of imidazole rings is 1. The van der Waals surface area contributed by atoms with Gasteiger partial charge in [0.1, 0.15) is 0 Å². The Hall–Kier alpha value is -4.76. The van der Waals surface area contributed by atoms with Gasteiger partial charge in [-0.15, -0.1) is 0 Å². The van der Waals surface area contributed by atoms with Crippen LogP contribution in [0.25, 0.3) is 44.8 Å². The highest BCUT2D eigenvalue weighted by molar-refractivity contribution is 6.04. The first-order valence-corrected chi connectivity index (χ1v) is 12.1. The Morgan fingerprint density at radius 3 is 2.38 bits per heavy atom. The van der Waals surface area contributed by atoms with Gasteiger partial charge in [0, 0.05) is 24.2 Å². The number of pyridine rings is 2.